The summed E-state index contributed by atoms with van der Waals surface area (Å²) in [6.07, 6.45) is 1.82. The van der Waals surface area contributed by atoms with Crippen LogP contribution in [0.2, 0.25) is 0 Å². The molecule has 0 bridgehead atoms. The van der Waals surface area contributed by atoms with Gasteiger partial charge < -0.3 is 9.73 Å². The molecule has 5 nitrogen and oxygen atoms in total. The molecule has 0 unspecified atom stereocenters. The van der Waals surface area contributed by atoms with Gasteiger partial charge in [-0.1, -0.05) is 13.3 Å². The van der Waals surface area contributed by atoms with Gasteiger partial charge in [0.25, 0.3) is 0 Å². The van der Waals surface area contributed by atoms with Crippen molar-refractivity contribution in [2.75, 3.05) is 13.1 Å². The van der Waals surface area contributed by atoms with Crippen molar-refractivity contribution in [3.8, 4) is 0 Å². The molecule has 6 heteroatoms. The third-order valence-electron chi connectivity index (χ3n) is 4.51. The molecule has 2 rings (SSSR count). The average molecular weight is 328 g/mol. The molecule has 1 saturated heterocycles. The van der Waals surface area contributed by atoms with E-state index in [-0.39, 0.29) is 5.25 Å². The van der Waals surface area contributed by atoms with Gasteiger partial charge in [-0.3, -0.25) is 0 Å². The van der Waals surface area contributed by atoms with Gasteiger partial charge in [0.05, 0.1) is 11.8 Å². The van der Waals surface area contributed by atoms with E-state index in [1.54, 1.807) is 18.2 Å². The molecule has 0 aliphatic carbocycles. The highest BCUT2D eigenvalue weighted by Gasteiger charge is 2.35. The number of sulfonamides is 1. The molecule has 0 saturated carbocycles. The first-order valence-corrected chi connectivity index (χ1v) is 9.62. The average Bonchev–Trinajstić information content (AvgIpc) is 2.90. The minimum atomic E-state index is -3.14. The molecule has 0 aromatic carbocycles. The van der Waals surface area contributed by atoms with Crippen LogP contribution < -0.4 is 5.32 Å². The van der Waals surface area contributed by atoms with Gasteiger partial charge in [0.2, 0.25) is 10.0 Å². The van der Waals surface area contributed by atoms with Crippen molar-refractivity contribution in [2.24, 2.45) is 5.92 Å². The Hall–Kier alpha value is -0.850. The van der Waals surface area contributed by atoms with E-state index >= 15 is 0 Å². The molecule has 0 spiro atoms. The fourth-order valence-electron chi connectivity index (χ4n) is 3.02. The van der Waals surface area contributed by atoms with Crippen LogP contribution in [-0.2, 0) is 16.6 Å². The van der Waals surface area contributed by atoms with E-state index < -0.39 is 10.0 Å². The molecule has 2 atom stereocenters. The normalized spacial score (nSPS) is 24.0. The maximum absolute atomic E-state index is 12.3. The maximum atomic E-state index is 12.3. The lowest BCUT2D eigenvalue weighted by molar-refractivity contribution is 0.197. The molecular formula is C16H28N2O3S. The highest BCUT2D eigenvalue weighted by molar-refractivity contribution is 7.89. The van der Waals surface area contributed by atoms with Gasteiger partial charge in [-0.25, -0.2) is 12.7 Å². The van der Waals surface area contributed by atoms with Gasteiger partial charge in [0.15, 0.2) is 0 Å². The number of furan rings is 1. The zero-order valence-electron chi connectivity index (χ0n) is 14.0. The van der Waals surface area contributed by atoms with Gasteiger partial charge in [0, 0.05) is 19.1 Å². The number of hydrogen-bond donors (Lipinski definition) is 1. The number of hydrogen-bond acceptors (Lipinski definition) is 4. The monoisotopic (exact) mass is 328 g/mol. The Morgan fingerprint density at radius 3 is 2.68 bits per heavy atom. The topological polar surface area (TPSA) is 62.6 Å². The molecule has 1 aromatic heterocycles. The SMILES string of the molecule is CC[C@H]1CN(S(=O)(=O)C(C)C)CC[C@H]1NCc1ccc(C)o1. The lowest BCUT2D eigenvalue weighted by Crippen LogP contribution is -2.51. The Morgan fingerprint density at radius 2 is 2.14 bits per heavy atom. The summed E-state index contributed by atoms with van der Waals surface area (Å²) in [7, 11) is -3.14. The van der Waals surface area contributed by atoms with E-state index in [1.807, 2.05) is 19.1 Å². The van der Waals surface area contributed by atoms with Crippen LogP contribution in [0.5, 0.6) is 0 Å². The second-order valence-corrected chi connectivity index (χ2v) is 8.90. The van der Waals surface area contributed by atoms with Crippen molar-refractivity contribution < 1.29 is 12.8 Å². The van der Waals surface area contributed by atoms with Crippen LogP contribution in [0, 0.1) is 12.8 Å². The van der Waals surface area contributed by atoms with Crippen LogP contribution >= 0.6 is 0 Å². The van der Waals surface area contributed by atoms with E-state index in [2.05, 4.69) is 12.2 Å². The van der Waals surface area contributed by atoms with E-state index in [0.29, 0.717) is 31.6 Å². The number of nitrogens with zero attached hydrogens (tertiary/aromatic N) is 1. The fraction of sp³-hybridized carbons (Fsp3) is 0.750. The van der Waals surface area contributed by atoms with Crippen molar-refractivity contribution in [1.82, 2.24) is 9.62 Å². The summed E-state index contributed by atoms with van der Waals surface area (Å²) in [5.74, 6) is 2.20. The summed E-state index contributed by atoms with van der Waals surface area (Å²) >= 11 is 0. The van der Waals surface area contributed by atoms with Gasteiger partial charge in [-0.15, -0.1) is 0 Å². The molecule has 126 valence electrons. The zero-order chi connectivity index (χ0) is 16.3. The Kier molecular flexibility index (Phi) is 5.69. The standard InChI is InChI=1S/C16H28N2O3S/c1-5-14-11-18(22(19,20)12(2)3)9-8-16(14)17-10-15-7-6-13(4)21-15/h6-7,12,14,16-17H,5,8-11H2,1-4H3/t14-,16+/m0/s1. The minimum Gasteiger partial charge on any atom is -0.465 e. The summed E-state index contributed by atoms with van der Waals surface area (Å²) in [5.41, 5.74) is 0. The quantitative estimate of drug-likeness (QED) is 0.871. The van der Waals surface area contributed by atoms with Gasteiger partial charge >= 0.3 is 0 Å². The molecular weight excluding hydrogens is 300 g/mol. The largest absolute Gasteiger partial charge is 0.465 e. The van der Waals surface area contributed by atoms with Crippen LogP contribution in [0.1, 0.15) is 45.1 Å². The number of nitrogens with one attached hydrogen (secondary N) is 1. The summed E-state index contributed by atoms with van der Waals surface area (Å²) in [6, 6.07) is 4.29. The third-order valence-corrected chi connectivity index (χ3v) is 6.75. The van der Waals surface area contributed by atoms with E-state index in [4.69, 9.17) is 4.42 Å². The highest BCUT2D eigenvalue weighted by Crippen LogP contribution is 2.24. The molecule has 0 radical (unpaired) electrons. The first-order chi connectivity index (χ1) is 10.3. The molecule has 1 fully saturated rings. The molecule has 1 N–H and O–H groups in total. The predicted molar refractivity (Wildman–Crippen MR) is 88.1 cm³/mol. The molecule has 22 heavy (non-hydrogen) atoms. The van der Waals surface area contributed by atoms with Crippen LogP contribution in [0.25, 0.3) is 0 Å². The van der Waals surface area contributed by atoms with Crippen LogP contribution in [0.3, 0.4) is 0 Å². The zero-order valence-corrected chi connectivity index (χ0v) is 14.8. The van der Waals surface area contributed by atoms with Gasteiger partial charge in [0.1, 0.15) is 11.5 Å². The van der Waals surface area contributed by atoms with Crippen molar-refractivity contribution >= 4 is 10.0 Å². The Balaban J connectivity index is 1.95. The highest BCUT2D eigenvalue weighted by atomic mass is 32.2. The van der Waals surface area contributed by atoms with Crippen LogP contribution in [-0.4, -0.2) is 37.1 Å². The second-order valence-electron chi connectivity index (χ2n) is 6.41. The lowest BCUT2D eigenvalue weighted by Gasteiger charge is -2.38. The first-order valence-electron chi connectivity index (χ1n) is 8.12. The molecule has 1 aliphatic heterocycles. The Morgan fingerprint density at radius 1 is 1.41 bits per heavy atom. The van der Waals surface area contributed by atoms with E-state index in [1.165, 1.54) is 0 Å². The smallest absolute Gasteiger partial charge is 0.216 e. The van der Waals surface area contributed by atoms with Crippen molar-refractivity contribution in [1.29, 1.82) is 0 Å². The molecule has 2 heterocycles. The van der Waals surface area contributed by atoms with Gasteiger partial charge in [-0.05, 0) is 45.2 Å². The lowest BCUT2D eigenvalue weighted by atomic mass is 9.91. The van der Waals surface area contributed by atoms with Crippen molar-refractivity contribution in [3.05, 3.63) is 23.7 Å². The maximum Gasteiger partial charge on any atom is 0.216 e. The third kappa shape index (κ3) is 3.91. The number of piperidine rings is 1. The Bertz CT molecular complexity index is 580. The summed E-state index contributed by atoms with van der Waals surface area (Å²) in [4.78, 5) is 0. The van der Waals surface area contributed by atoms with Crippen LogP contribution in [0.4, 0.5) is 0 Å². The fourth-order valence-corrected chi connectivity index (χ4v) is 4.38. The minimum absolute atomic E-state index is 0.342. The summed E-state index contributed by atoms with van der Waals surface area (Å²) in [5, 5.41) is 3.19. The molecule has 1 aliphatic rings. The number of aryl methyl sites for hydroxylation is 1. The van der Waals surface area contributed by atoms with Crippen molar-refractivity contribution in [2.45, 2.75) is 58.4 Å². The summed E-state index contributed by atoms with van der Waals surface area (Å²) < 4.78 is 31.9. The predicted octanol–water partition coefficient (Wildman–Crippen LogP) is 2.52. The second kappa shape index (κ2) is 7.15. The summed E-state index contributed by atoms with van der Waals surface area (Å²) in [6.45, 7) is 9.48. The van der Waals surface area contributed by atoms with Gasteiger partial charge in [-0.2, -0.15) is 0 Å². The first kappa shape index (κ1) is 17.5. The molecule has 1 aromatic rings. The van der Waals surface area contributed by atoms with Crippen LogP contribution in [0.15, 0.2) is 16.5 Å². The molecule has 0 amide bonds. The number of rotatable bonds is 6. The van der Waals surface area contributed by atoms with E-state index in [0.717, 1.165) is 24.4 Å². The van der Waals surface area contributed by atoms with E-state index in [9.17, 15) is 8.42 Å². The van der Waals surface area contributed by atoms with Crippen molar-refractivity contribution in [3.63, 3.8) is 0 Å². The Labute approximate surface area is 134 Å².